The van der Waals surface area contributed by atoms with E-state index in [4.69, 9.17) is 28.4 Å². The van der Waals surface area contributed by atoms with Gasteiger partial charge in [-0.25, -0.2) is 29.6 Å². The second kappa shape index (κ2) is 32.7. The molecule has 568 valence electrons. The number of amides is 10. The van der Waals surface area contributed by atoms with Crippen LogP contribution in [0.2, 0.25) is 0 Å². The van der Waals surface area contributed by atoms with Crippen molar-refractivity contribution in [3.05, 3.63) is 60.2 Å². The lowest BCUT2D eigenvalue weighted by Gasteiger charge is -2.37. The van der Waals surface area contributed by atoms with Gasteiger partial charge in [-0.1, -0.05) is 13.8 Å². The molecule has 2 saturated carbocycles. The number of hydrogen-bond donors (Lipinski definition) is 6. The van der Waals surface area contributed by atoms with Crippen molar-refractivity contribution >= 4 is 117 Å². The molecule has 106 heavy (non-hydrogen) atoms. The molecule has 2 aromatic carbocycles. The van der Waals surface area contributed by atoms with Crippen LogP contribution in [0.1, 0.15) is 88.2 Å². The Morgan fingerprint density at radius 3 is 1.24 bits per heavy atom. The number of cyclic esters (lactones) is 2. The van der Waals surface area contributed by atoms with Crippen molar-refractivity contribution in [2.24, 2.45) is 33.9 Å². The quantitative estimate of drug-likeness (QED) is 0.0618. The van der Waals surface area contributed by atoms with E-state index in [2.05, 4.69) is 51.4 Å². The van der Waals surface area contributed by atoms with Gasteiger partial charge in [-0.05, 0) is 76.6 Å². The number of ether oxygens (including phenoxy) is 6. The van der Waals surface area contributed by atoms with Crippen molar-refractivity contribution < 1.29 is 106 Å². The fourth-order valence-corrected chi connectivity index (χ4v) is 12.0. The van der Waals surface area contributed by atoms with Gasteiger partial charge in [0.05, 0.1) is 97.9 Å². The molecule has 0 radical (unpaired) electrons. The predicted molar refractivity (Wildman–Crippen MR) is 365 cm³/mol. The molecule has 6 N–H and O–H groups in total. The number of hydrogen-bond acceptors (Lipinski definition) is 28. The Kier molecular flexibility index (Phi) is 24.3. The number of aromatic nitrogens is 4. The van der Waals surface area contributed by atoms with Crippen molar-refractivity contribution in [3.8, 4) is 11.5 Å². The minimum atomic E-state index is -2.21. The highest BCUT2D eigenvalue weighted by Crippen LogP contribution is 2.40. The van der Waals surface area contributed by atoms with Gasteiger partial charge in [0.2, 0.25) is 35.4 Å². The third kappa shape index (κ3) is 18.5. The summed E-state index contributed by atoms with van der Waals surface area (Å²) in [6.45, 7) is 2.10. The molecule has 2 aromatic heterocycles. The Morgan fingerprint density at radius 2 is 0.906 bits per heavy atom. The molecule has 5 heterocycles. The van der Waals surface area contributed by atoms with Crippen LogP contribution in [-0.2, 0) is 76.5 Å². The second-order valence-electron chi connectivity index (χ2n) is 27.5. The Hall–Kier alpha value is -11.4. The monoisotopic (exact) mass is 1480 g/mol. The lowest BCUT2D eigenvalue weighted by atomic mass is 9.97. The fraction of sp³-hybridized carbons (Fsp3) is 0.529. The smallest absolute Gasteiger partial charge is 0.331 e. The van der Waals surface area contributed by atoms with E-state index in [1.165, 1.54) is 50.6 Å². The molecule has 3 fully saturated rings. The van der Waals surface area contributed by atoms with Crippen LogP contribution in [0.25, 0.3) is 22.1 Å². The number of methoxy groups -OCH3 is 2. The highest BCUT2D eigenvalue weighted by Gasteiger charge is 2.51. The number of carbonyl (C=O) groups is 14. The normalized spacial score (nSPS) is 26.1. The lowest BCUT2D eigenvalue weighted by molar-refractivity contribution is -0.168. The third-order valence-electron chi connectivity index (χ3n) is 18.4. The van der Waals surface area contributed by atoms with Gasteiger partial charge < -0.3 is 79.5 Å². The molecule has 0 spiro atoms. The van der Waals surface area contributed by atoms with Gasteiger partial charge in [0.25, 0.3) is 23.6 Å². The SMILES string of the molecule is COc1ccc2nc(C(=O)N[C@H]3COC(=O)[C@@H](C(C)(C)O)N(C)C(=O)CN(C)C(=O)CNC(=O)[C@@H]4[C@@H](OC(=O)[C@H]5C[C@@H]5C)CC=NN4C(=O)[C@H](NC(=O)c4cnc5cc(OC)ccc5n4)COC(=O)[C@@H](C(C)(C)O)N(C)C(=O)CN(C)C(=O)CNC(=O)[C@@H]4[C@H](OC(=O)[C@@H]5C[C@@H]5C)CC=NN4C3=O)cnc2c1. The fourth-order valence-electron chi connectivity index (χ4n) is 12.0. The Labute approximate surface area is 606 Å². The average molecular weight is 1480 g/mol. The standard InChI is InChI=1S/C68H84N16O22/c1-33-21-37(33)63(95)105-47-17-19-73-83-53(47)59(91)71-27-49(85)79(7)29-51(87)81(9)56(68(5,6)100)66(98)104-32-46(78-58(90)44-26-70-42-24-36(102-12)14-16-40(42)76-44)62(94)84-54(48(18-20-74-84)106-64(96)38-22-34(38)2)60(92)72-28-50(86)80(8)30-52(88)82(10)55(67(3,4)99)65(97)103-31-45(61(83)93)77-57(89)43-25-69-41-23-35(101-11)13-15-39(41)75-43/h13-16,19-20,23-26,33-34,37-38,45-48,53-56,99-100H,17-18,21-22,27-32H2,1-12H3,(H,71,91)(H,72,92)(H,77,89)(H,78,90)/t33-,34-,37-,38+,45+,46-,47-,48+,53-,54-,55-,56-/m0/s1. The number of likely N-dealkylation sites (N-methyl/N-ethyl adjacent to an activating group) is 4. The number of carbonyl (C=O) groups excluding carboxylic acids is 14. The Bertz CT molecular complexity index is 3950. The highest BCUT2D eigenvalue weighted by molar-refractivity contribution is 6.02. The molecule has 2 aliphatic carbocycles. The first-order valence-electron chi connectivity index (χ1n) is 33.7. The van der Waals surface area contributed by atoms with Gasteiger partial charge in [-0.15, -0.1) is 0 Å². The summed E-state index contributed by atoms with van der Waals surface area (Å²) in [5.74, 6) is -16.2. The second-order valence-corrected chi connectivity index (χ2v) is 27.5. The first-order valence-corrected chi connectivity index (χ1v) is 33.7. The summed E-state index contributed by atoms with van der Waals surface area (Å²) in [7, 11) is 7.25. The number of fused-ring (bicyclic) bond motifs is 4. The third-order valence-corrected chi connectivity index (χ3v) is 18.4. The lowest BCUT2D eigenvalue weighted by Crippen LogP contribution is -2.62. The Morgan fingerprint density at radius 1 is 0.547 bits per heavy atom. The van der Waals surface area contributed by atoms with E-state index in [0.29, 0.717) is 45.4 Å². The number of benzene rings is 2. The number of nitrogens with one attached hydrogen (secondary N) is 4. The molecule has 5 aliphatic rings. The first-order chi connectivity index (χ1) is 50.0. The van der Waals surface area contributed by atoms with Crippen LogP contribution in [0.4, 0.5) is 0 Å². The molecule has 38 heteroatoms. The van der Waals surface area contributed by atoms with Gasteiger partial charge in [0, 0.05) is 65.6 Å². The first kappa shape index (κ1) is 78.7. The van der Waals surface area contributed by atoms with E-state index in [1.807, 2.05) is 0 Å². The molecule has 38 nitrogen and oxygen atoms in total. The number of rotatable bonds is 12. The number of hydrazone groups is 2. The largest absolute Gasteiger partial charge is 0.497 e. The van der Waals surface area contributed by atoms with E-state index in [9.17, 15) is 67.7 Å². The molecule has 3 aliphatic heterocycles. The zero-order valence-electron chi connectivity index (χ0n) is 60.2. The maximum atomic E-state index is 15.2. The molecular weight excluding hydrogens is 1390 g/mol. The summed E-state index contributed by atoms with van der Waals surface area (Å²) in [5, 5.41) is 42.2. The van der Waals surface area contributed by atoms with Gasteiger partial charge in [0.15, 0.2) is 24.2 Å². The molecule has 12 atom stereocenters. The molecule has 0 bridgehead atoms. The van der Waals surface area contributed by atoms with Crippen LogP contribution in [0.5, 0.6) is 11.5 Å². The number of esters is 4. The zero-order chi connectivity index (χ0) is 77.5. The van der Waals surface area contributed by atoms with E-state index in [0.717, 1.165) is 100 Å². The number of aliphatic hydroxyl groups is 2. The topological polar surface area (TPSA) is 479 Å². The van der Waals surface area contributed by atoms with Crippen LogP contribution in [0.15, 0.2) is 59.0 Å². The van der Waals surface area contributed by atoms with Crippen LogP contribution >= 0.6 is 0 Å². The van der Waals surface area contributed by atoms with Gasteiger partial charge in [0.1, 0.15) is 60.4 Å². The summed E-state index contributed by atoms with van der Waals surface area (Å²) in [6, 6.07) is -2.94. The maximum Gasteiger partial charge on any atom is 0.331 e. The van der Waals surface area contributed by atoms with E-state index in [1.54, 1.807) is 13.8 Å². The summed E-state index contributed by atoms with van der Waals surface area (Å²) in [4.78, 5) is 222. The summed E-state index contributed by atoms with van der Waals surface area (Å²) in [5.41, 5.74) is -4.24. The van der Waals surface area contributed by atoms with E-state index in [-0.39, 0.29) is 47.1 Å². The predicted octanol–water partition coefficient (Wildman–Crippen LogP) is -2.76. The van der Waals surface area contributed by atoms with Crippen molar-refractivity contribution in [1.29, 1.82) is 0 Å². The summed E-state index contributed by atoms with van der Waals surface area (Å²) in [6.07, 6.45) is 1.54. The van der Waals surface area contributed by atoms with Crippen molar-refractivity contribution in [2.75, 3.05) is 81.8 Å². The summed E-state index contributed by atoms with van der Waals surface area (Å²) < 4.78 is 33.6. The van der Waals surface area contributed by atoms with Gasteiger partial charge in [-0.2, -0.15) is 10.2 Å². The molecule has 1 saturated heterocycles. The van der Waals surface area contributed by atoms with Crippen LogP contribution in [0, 0.1) is 23.7 Å². The minimum Gasteiger partial charge on any atom is -0.497 e. The highest BCUT2D eigenvalue weighted by atomic mass is 16.6. The summed E-state index contributed by atoms with van der Waals surface area (Å²) >= 11 is 0. The van der Waals surface area contributed by atoms with Crippen molar-refractivity contribution in [1.82, 2.24) is 70.8 Å². The average Bonchev–Trinajstić information content (AvgIpc) is 1.15. The van der Waals surface area contributed by atoms with Crippen LogP contribution in [0.3, 0.4) is 0 Å². The minimum absolute atomic E-state index is 0.113. The van der Waals surface area contributed by atoms with Gasteiger partial charge >= 0.3 is 23.9 Å². The Balaban J connectivity index is 1.06. The maximum absolute atomic E-state index is 15.2. The van der Waals surface area contributed by atoms with Crippen LogP contribution < -0.4 is 30.7 Å². The molecule has 9 rings (SSSR count). The van der Waals surface area contributed by atoms with E-state index >= 15 is 9.59 Å². The van der Waals surface area contributed by atoms with Crippen LogP contribution in [-0.4, -0.2) is 297 Å². The number of nitrogens with zero attached hydrogens (tertiary/aromatic N) is 12. The molecular formula is C68H84N16O22. The molecule has 0 unspecified atom stereocenters. The molecule has 4 aromatic rings. The van der Waals surface area contributed by atoms with Crippen molar-refractivity contribution in [2.45, 2.75) is 127 Å². The van der Waals surface area contributed by atoms with Crippen molar-refractivity contribution in [3.63, 3.8) is 0 Å². The van der Waals surface area contributed by atoms with Gasteiger partial charge in [-0.3, -0.25) is 67.5 Å². The molecule has 10 amide bonds. The van der Waals surface area contributed by atoms with E-state index < -0.39 is 194 Å². The zero-order valence-corrected chi connectivity index (χ0v) is 60.2.